The molecule has 3 rings (SSSR count). The largest absolute Gasteiger partial charge is 0.393 e. The number of hydrogen-bond acceptors (Lipinski definition) is 10. The van der Waals surface area contributed by atoms with Crippen LogP contribution in [0, 0.1) is 0 Å². The Morgan fingerprint density at radius 1 is 0.964 bits per heavy atom. The summed E-state index contributed by atoms with van der Waals surface area (Å²) in [5.74, 6) is 0. The van der Waals surface area contributed by atoms with Gasteiger partial charge in [-0.2, -0.15) is 0 Å². The van der Waals surface area contributed by atoms with Crippen LogP contribution in [0.5, 0.6) is 0 Å². The molecule has 2 heterocycles. The molecule has 10 heteroatoms. The fourth-order valence-electron chi connectivity index (χ4n) is 3.07. The fourth-order valence-corrected chi connectivity index (χ4v) is 3.07. The van der Waals surface area contributed by atoms with Crippen molar-refractivity contribution in [3.63, 3.8) is 0 Å². The molecule has 1 unspecified atom stereocenters. The molecule has 158 valence electrons. The summed E-state index contributed by atoms with van der Waals surface area (Å²) in [6.45, 7) is -1.24. The minimum absolute atomic E-state index is 0.118. The topological polar surface area (TPSA) is 158 Å². The van der Waals surface area contributed by atoms with E-state index in [9.17, 15) is 25.5 Å². The van der Waals surface area contributed by atoms with Gasteiger partial charge in [0.05, 0.1) is 26.4 Å². The van der Waals surface area contributed by atoms with Crippen molar-refractivity contribution in [2.24, 2.45) is 0 Å². The number of aliphatic hydroxyl groups is 6. The van der Waals surface area contributed by atoms with Gasteiger partial charge in [-0.1, -0.05) is 30.3 Å². The molecule has 2 saturated heterocycles. The van der Waals surface area contributed by atoms with E-state index in [4.69, 9.17) is 24.1 Å². The van der Waals surface area contributed by atoms with Crippen molar-refractivity contribution in [2.75, 3.05) is 19.8 Å². The quantitative estimate of drug-likeness (QED) is 0.287. The van der Waals surface area contributed by atoms with Crippen molar-refractivity contribution in [3.8, 4) is 0 Å². The maximum absolute atomic E-state index is 10.1. The highest BCUT2D eigenvalue weighted by molar-refractivity contribution is 5.13. The van der Waals surface area contributed by atoms with Crippen molar-refractivity contribution >= 4 is 0 Å². The first-order valence-corrected chi connectivity index (χ1v) is 8.95. The van der Waals surface area contributed by atoms with Crippen LogP contribution in [0.1, 0.15) is 5.56 Å². The number of benzene rings is 1. The van der Waals surface area contributed by atoms with Gasteiger partial charge in [-0.3, -0.25) is 0 Å². The molecule has 0 bridgehead atoms. The molecule has 1 aromatic carbocycles. The predicted octanol–water partition coefficient (Wildman–Crippen LogP) is -2.53. The smallest absolute Gasteiger partial charge is 0.187 e. The normalized spacial score (nSPS) is 41.3. The third-order valence-corrected chi connectivity index (χ3v) is 4.93. The van der Waals surface area contributed by atoms with Gasteiger partial charge in [-0.25, -0.2) is 0 Å². The summed E-state index contributed by atoms with van der Waals surface area (Å²) >= 11 is 0. The molecular weight excluding hydrogens is 376 g/mol. The average Bonchev–Trinajstić information content (AvgIpc) is 3.00. The zero-order chi connectivity index (χ0) is 20.3. The average molecular weight is 402 g/mol. The van der Waals surface area contributed by atoms with E-state index in [-0.39, 0.29) is 19.8 Å². The number of aliphatic hydroxyl groups excluding tert-OH is 5. The zero-order valence-corrected chi connectivity index (χ0v) is 15.1. The molecule has 0 amide bonds. The first kappa shape index (κ1) is 21.5. The van der Waals surface area contributed by atoms with Gasteiger partial charge in [-0.05, 0) is 5.56 Å². The second-order valence-corrected chi connectivity index (χ2v) is 7.03. The van der Waals surface area contributed by atoms with E-state index in [0.717, 1.165) is 5.56 Å². The molecule has 2 fully saturated rings. The monoisotopic (exact) mass is 402 g/mol. The molecule has 28 heavy (non-hydrogen) atoms. The van der Waals surface area contributed by atoms with Crippen molar-refractivity contribution in [1.29, 1.82) is 0 Å². The van der Waals surface area contributed by atoms with E-state index in [0.29, 0.717) is 0 Å². The Balaban J connectivity index is 1.56. The Labute approximate surface area is 161 Å². The maximum atomic E-state index is 10.1. The summed E-state index contributed by atoms with van der Waals surface area (Å²) < 4.78 is 21.5. The first-order valence-electron chi connectivity index (χ1n) is 8.95. The SMILES string of the molecule is OCC1(O)CO[C@@H](OC[C@H]2O[C@@H](OCc3ccccc3)[C@H](O)[C@@H](O)[C@@H]2O)[C@@H]1O. The van der Waals surface area contributed by atoms with Gasteiger partial charge >= 0.3 is 0 Å². The summed E-state index contributed by atoms with van der Waals surface area (Å²) in [5.41, 5.74) is -1.01. The van der Waals surface area contributed by atoms with Crippen LogP contribution in [-0.4, -0.2) is 99.2 Å². The number of ether oxygens (including phenoxy) is 4. The lowest BCUT2D eigenvalue weighted by molar-refractivity contribution is -0.312. The van der Waals surface area contributed by atoms with Gasteiger partial charge < -0.3 is 49.6 Å². The van der Waals surface area contributed by atoms with Crippen LogP contribution in [-0.2, 0) is 25.6 Å². The van der Waals surface area contributed by atoms with Gasteiger partial charge in [0, 0.05) is 0 Å². The third kappa shape index (κ3) is 4.52. The van der Waals surface area contributed by atoms with Gasteiger partial charge in [0.15, 0.2) is 12.6 Å². The van der Waals surface area contributed by atoms with Gasteiger partial charge in [0.1, 0.15) is 36.1 Å². The van der Waals surface area contributed by atoms with E-state index in [1.54, 1.807) is 0 Å². The minimum Gasteiger partial charge on any atom is -0.393 e. The van der Waals surface area contributed by atoms with Crippen molar-refractivity contribution in [3.05, 3.63) is 35.9 Å². The summed E-state index contributed by atoms with van der Waals surface area (Å²) in [6, 6.07) is 9.14. The van der Waals surface area contributed by atoms with Crippen LogP contribution >= 0.6 is 0 Å². The van der Waals surface area contributed by atoms with Crippen LogP contribution in [0.4, 0.5) is 0 Å². The van der Waals surface area contributed by atoms with E-state index >= 15 is 0 Å². The second-order valence-electron chi connectivity index (χ2n) is 7.03. The van der Waals surface area contributed by atoms with Crippen LogP contribution in [0.2, 0.25) is 0 Å². The molecule has 2 aliphatic heterocycles. The Morgan fingerprint density at radius 3 is 2.32 bits per heavy atom. The van der Waals surface area contributed by atoms with E-state index < -0.39 is 55.3 Å². The zero-order valence-electron chi connectivity index (χ0n) is 15.1. The van der Waals surface area contributed by atoms with Crippen LogP contribution < -0.4 is 0 Å². The van der Waals surface area contributed by atoms with Crippen LogP contribution in [0.15, 0.2) is 30.3 Å². The molecular formula is C18H26O10. The van der Waals surface area contributed by atoms with Crippen LogP contribution in [0.3, 0.4) is 0 Å². The Kier molecular flexibility index (Phi) is 6.99. The summed E-state index contributed by atoms with van der Waals surface area (Å²) in [5, 5.41) is 59.4. The molecule has 1 aromatic rings. The lowest BCUT2D eigenvalue weighted by atomic mass is 9.99. The molecule has 0 aromatic heterocycles. The van der Waals surface area contributed by atoms with Gasteiger partial charge in [0.25, 0.3) is 0 Å². The van der Waals surface area contributed by atoms with Gasteiger partial charge in [-0.15, -0.1) is 0 Å². The van der Waals surface area contributed by atoms with Gasteiger partial charge in [0.2, 0.25) is 0 Å². The minimum atomic E-state index is -1.84. The molecule has 2 aliphatic rings. The summed E-state index contributed by atoms with van der Waals surface area (Å²) in [7, 11) is 0. The second kappa shape index (κ2) is 9.09. The summed E-state index contributed by atoms with van der Waals surface area (Å²) in [6.07, 6.45) is -9.52. The Morgan fingerprint density at radius 2 is 1.68 bits per heavy atom. The molecule has 0 saturated carbocycles. The standard InChI is InChI=1S/C18H26O10/c19-8-18(24)9-27-17(15(18)23)26-7-11-12(20)13(21)14(22)16(28-11)25-6-10-4-2-1-3-5-10/h1-5,11-17,19-24H,6-9H2/t11-,12-,13+,14-,15+,16-,17-,18?/m1/s1. The van der Waals surface area contributed by atoms with Crippen LogP contribution in [0.25, 0.3) is 0 Å². The Hall–Kier alpha value is -1.18. The summed E-state index contributed by atoms with van der Waals surface area (Å²) in [4.78, 5) is 0. The molecule has 0 spiro atoms. The highest BCUT2D eigenvalue weighted by Crippen LogP contribution is 2.27. The van der Waals surface area contributed by atoms with Crippen molar-refractivity contribution < 1.29 is 49.6 Å². The Bertz CT molecular complexity index is 616. The highest BCUT2D eigenvalue weighted by atomic mass is 16.7. The molecule has 10 nitrogen and oxygen atoms in total. The van der Waals surface area contributed by atoms with Crippen molar-refractivity contribution in [1.82, 2.24) is 0 Å². The lowest BCUT2D eigenvalue weighted by Gasteiger charge is -2.40. The molecule has 0 radical (unpaired) electrons. The first-order chi connectivity index (χ1) is 13.4. The third-order valence-electron chi connectivity index (χ3n) is 4.93. The van der Waals surface area contributed by atoms with E-state index in [2.05, 4.69) is 0 Å². The number of hydrogen-bond donors (Lipinski definition) is 6. The molecule has 8 atom stereocenters. The number of rotatable bonds is 7. The van der Waals surface area contributed by atoms with Crippen molar-refractivity contribution in [2.45, 2.75) is 55.3 Å². The molecule has 6 N–H and O–H groups in total. The predicted molar refractivity (Wildman–Crippen MR) is 91.6 cm³/mol. The molecule has 0 aliphatic carbocycles. The fraction of sp³-hybridized carbons (Fsp3) is 0.667. The van der Waals surface area contributed by atoms with E-state index in [1.165, 1.54) is 0 Å². The van der Waals surface area contributed by atoms with E-state index in [1.807, 2.05) is 30.3 Å². The highest BCUT2D eigenvalue weighted by Gasteiger charge is 2.50. The lowest BCUT2D eigenvalue weighted by Crippen LogP contribution is -2.59. The maximum Gasteiger partial charge on any atom is 0.187 e.